The van der Waals surface area contributed by atoms with E-state index in [2.05, 4.69) is 63.5 Å². The Hall–Kier alpha value is -8.06. The summed E-state index contributed by atoms with van der Waals surface area (Å²) in [5.41, 5.74) is 1.04. The number of likely N-dealkylation sites (N-methyl/N-ethyl adjacent to an activating group) is 1. The molecule has 0 saturated carbocycles. The smallest absolute Gasteiger partial charge is 0.246 e. The second-order valence-electron chi connectivity index (χ2n) is 21.9. The Kier molecular flexibility index (Phi) is 23.0. The molecule has 11 amide bonds. The van der Waals surface area contributed by atoms with Crippen LogP contribution in [0, 0.1) is 17.8 Å². The molecular weight excluding hydrogens is 1130 g/mol. The topological polar surface area (TPSA) is 437 Å². The minimum Gasteiger partial charge on any atom is -0.508 e. The van der Waals surface area contributed by atoms with Gasteiger partial charge in [-0.05, 0) is 61.2 Å². The number of aliphatic hydroxyl groups excluding tert-OH is 3. The minimum atomic E-state index is -2.45. The van der Waals surface area contributed by atoms with Crippen LogP contribution in [-0.4, -0.2) is 199 Å². The maximum absolute atomic E-state index is 15.0. The molecule has 2 bridgehead atoms. The lowest BCUT2D eigenvalue weighted by Gasteiger charge is -2.33. The van der Waals surface area contributed by atoms with Gasteiger partial charge in [-0.1, -0.05) is 53.2 Å². The number of fused-ring (bicyclic) bond motifs is 5. The number of nitrogens with zero attached hydrogens (tertiary/aromatic N) is 1. The fraction of sp³-hybridized carbons (Fsp3) is 0.545. The van der Waals surface area contributed by atoms with E-state index in [4.69, 9.17) is 0 Å². The number of phenols is 1. The van der Waals surface area contributed by atoms with Gasteiger partial charge in [0.15, 0.2) is 0 Å². The normalized spacial score (nSPS) is 25.0. The summed E-state index contributed by atoms with van der Waals surface area (Å²) in [4.78, 5) is 158. The zero-order valence-electron chi connectivity index (χ0n) is 48.2. The predicted octanol–water partition coefficient (Wildman–Crippen LogP) is -4.40. The maximum atomic E-state index is 15.0. The Balaban J connectivity index is 1.40. The number of H-pyrrole nitrogens is 1. The van der Waals surface area contributed by atoms with Crippen LogP contribution >= 0.6 is 0 Å². The van der Waals surface area contributed by atoms with Crippen LogP contribution in [0.15, 0.2) is 47.5 Å². The van der Waals surface area contributed by atoms with Gasteiger partial charge in [0.1, 0.15) is 53.1 Å². The number of nitrogens with one attached hydrogen (secondary N) is 12. The van der Waals surface area contributed by atoms with Crippen LogP contribution in [0.25, 0.3) is 10.9 Å². The van der Waals surface area contributed by atoms with E-state index in [1.807, 2.05) is 13.8 Å². The lowest BCUT2D eigenvalue weighted by Crippen LogP contribution is -2.62. The molecule has 0 aliphatic carbocycles. The van der Waals surface area contributed by atoms with Gasteiger partial charge in [-0.2, -0.15) is 0 Å². The van der Waals surface area contributed by atoms with Crippen LogP contribution in [0.3, 0.4) is 0 Å². The van der Waals surface area contributed by atoms with E-state index < -0.39 is 194 Å². The summed E-state index contributed by atoms with van der Waals surface area (Å²) in [5, 5.41) is 70.9. The predicted molar refractivity (Wildman–Crippen MR) is 305 cm³/mol. The molecule has 0 spiro atoms. The van der Waals surface area contributed by atoms with Crippen molar-refractivity contribution in [1.82, 2.24) is 63.1 Å². The number of aromatic nitrogens is 1. The third-order valence-electron chi connectivity index (χ3n) is 15.2. The number of hydrogen-bond acceptors (Lipinski definition) is 17. The highest BCUT2D eigenvalue weighted by Crippen LogP contribution is 2.30. The van der Waals surface area contributed by atoms with Crippen LogP contribution in [0.4, 0.5) is 5.69 Å². The number of aromatic hydroxyl groups is 1. The number of aromatic amines is 1. The van der Waals surface area contributed by atoms with Gasteiger partial charge >= 0.3 is 0 Å². The van der Waals surface area contributed by atoms with Crippen molar-refractivity contribution >= 4 is 92.4 Å². The SMILES string of the molecule is CC[C@H](C)[C@@H]1NC(=O)CNC(=O)[C@@H]2Cc3c([nH]c4cc(O)ccc34)S(=O)C[C@H](NC(=O)CNC1=O)C(=O)N[C@@H](CC(=O)NCc1ccc(NC(=O)[C@H](C)NC(=O)[C@@H](NC)C(C)C)cc1)C(=O)N1C[C@H](O)C[C@H]1C(=O)N[C@@H]([C@@H](C)[C@@H](O)CO)C(=O)N2. The molecule has 1 unspecified atom stereocenters. The molecule has 1 saturated heterocycles. The molecule has 3 aliphatic heterocycles. The molecule has 3 aromatic rings. The summed E-state index contributed by atoms with van der Waals surface area (Å²) in [6.07, 6.45) is -4.64. The number of carbonyl (C=O) groups is 11. The van der Waals surface area contributed by atoms with Crippen molar-refractivity contribution < 1.29 is 77.4 Å². The Morgan fingerprint density at radius 2 is 1.46 bits per heavy atom. The second-order valence-corrected chi connectivity index (χ2v) is 23.3. The van der Waals surface area contributed by atoms with Gasteiger partial charge in [0.25, 0.3) is 0 Å². The Morgan fingerprint density at radius 3 is 2.11 bits per heavy atom. The van der Waals surface area contributed by atoms with E-state index in [9.17, 15) is 77.4 Å². The summed E-state index contributed by atoms with van der Waals surface area (Å²) in [6.45, 7) is 6.65. The van der Waals surface area contributed by atoms with Gasteiger partial charge < -0.3 is 88.8 Å². The summed E-state index contributed by atoms with van der Waals surface area (Å²) in [5.74, 6) is -13.1. The molecule has 3 aliphatic rings. The molecule has 30 heteroatoms. The van der Waals surface area contributed by atoms with Crippen molar-refractivity contribution in [3.63, 3.8) is 0 Å². The highest BCUT2D eigenvalue weighted by Gasteiger charge is 2.45. The summed E-state index contributed by atoms with van der Waals surface area (Å²) >= 11 is 0. The van der Waals surface area contributed by atoms with Crippen molar-refractivity contribution in [1.29, 1.82) is 0 Å². The van der Waals surface area contributed by atoms with Gasteiger partial charge in [-0.25, -0.2) is 0 Å². The van der Waals surface area contributed by atoms with Gasteiger partial charge in [0.05, 0.1) is 66.4 Å². The van der Waals surface area contributed by atoms with Crippen LogP contribution < -0.4 is 58.5 Å². The standard InChI is InChI=1S/C55H77N13O16S/c1-8-26(4)45-51(80)59-20-42(74)62-38-24-85(84)54-34(33-14-13-31(70)15-35(33)65-54)17-36(48(77)58-21-43(75)66-45)63-53(82)46(27(5)40(72)23-69)67-50(79)39-16-32(71)22-68(39)55(83)37(64-49(38)78)18-41(73)57-19-29-9-11-30(12-10-29)61-47(76)28(6)60-52(81)44(56-7)25(2)3/h9-15,25-28,32,36-40,44-46,56,65,69-72H,8,16-24H2,1-7H3,(H,57,73)(H,58,77)(H,59,80)(H,60,81)(H,61,76)(H,62,74)(H,63,82)(H,64,78)(H,66,75)(H,67,79)/t26-,27-,28-,32+,36-,37-,38-,39-,40-,44-,45-,46-,85?/m0/s1. The first-order chi connectivity index (χ1) is 40.2. The van der Waals surface area contributed by atoms with Crippen LogP contribution in [-0.2, 0) is 76.5 Å². The number of hydrogen-bond donors (Lipinski definition) is 16. The molecule has 29 nitrogen and oxygen atoms in total. The molecule has 16 N–H and O–H groups in total. The molecule has 6 rings (SSSR count). The van der Waals surface area contributed by atoms with Crippen molar-refractivity contribution in [2.75, 3.05) is 44.4 Å². The lowest BCUT2D eigenvalue weighted by atomic mass is 9.93. The average Bonchev–Trinajstić information content (AvgIpc) is 4.29. The molecule has 4 heterocycles. The average molecular weight is 1210 g/mol. The first-order valence-electron chi connectivity index (χ1n) is 27.9. The minimum absolute atomic E-state index is 0.0496. The first-order valence-corrected chi connectivity index (χ1v) is 29.2. The van der Waals surface area contributed by atoms with Crippen LogP contribution in [0.2, 0.25) is 0 Å². The van der Waals surface area contributed by atoms with E-state index in [0.29, 0.717) is 17.7 Å². The van der Waals surface area contributed by atoms with Crippen molar-refractivity contribution in [3.8, 4) is 5.75 Å². The zero-order chi connectivity index (χ0) is 62.6. The third kappa shape index (κ3) is 17.1. The number of rotatable bonds is 15. The number of benzene rings is 2. The van der Waals surface area contributed by atoms with Gasteiger partial charge in [0.2, 0.25) is 65.0 Å². The highest BCUT2D eigenvalue weighted by atomic mass is 32.2. The number of amides is 11. The van der Waals surface area contributed by atoms with Crippen LogP contribution in [0.5, 0.6) is 5.75 Å². The molecule has 13 atom stereocenters. The molecular formula is C55H77N13O16S. The second kappa shape index (κ2) is 29.6. The molecule has 2 aromatic carbocycles. The van der Waals surface area contributed by atoms with E-state index >= 15 is 0 Å². The fourth-order valence-corrected chi connectivity index (χ4v) is 11.4. The van der Waals surface area contributed by atoms with Gasteiger partial charge in [0, 0.05) is 49.0 Å². The Morgan fingerprint density at radius 1 is 0.788 bits per heavy atom. The summed E-state index contributed by atoms with van der Waals surface area (Å²) in [7, 11) is -0.814. The van der Waals surface area contributed by atoms with E-state index in [0.717, 1.165) is 4.90 Å². The molecule has 464 valence electrons. The third-order valence-corrected chi connectivity index (χ3v) is 16.7. The van der Waals surface area contributed by atoms with E-state index in [1.165, 1.54) is 44.2 Å². The molecule has 85 heavy (non-hydrogen) atoms. The Labute approximate surface area is 491 Å². The van der Waals surface area contributed by atoms with Crippen molar-refractivity contribution in [3.05, 3.63) is 53.6 Å². The largest absolute Gasteiger partial charge is 0.508 e. The zero-order valence-corrected chi connectivity index (χ0v) is 49.0. The fourth-order valence-electron chi connectivity index (χ4n) is 10.1. The van der Waals surface area contributed by atoms with Gasteiger partial charge in [-0.15, -0.1) is 0 Å². The molecule has 1 aromatic heterocycles. The number of aliphatic hydroxyl groups is 3. The molecule has 1 fully saturated rings. The quantitative estimate of drug-likeness (QED) is 0.0683. The first kappa shape index (κ1) is 66.1. The van der Waals surface area contributed by atoms with E-state index in [1.54, 1.807) is 33.0 Å². The van der Waals surface area contributed by atoms with Crippen molar-refractivity contribution in [2.24, 2.45) is 17.8 Å². The lowest BCUT2D eigenvalue weighted by molar-refractivity contribution is -0.144. The highest BCUT2D eigenvalue weighted by molar-refractivity contribution is 7.85. The molecule has 0 radical (unpaired) electrons. The number of phenolic OH excluding ortho intramolecular Hbond substituents is 1. The monoisotopic (exact) mass is 1210 g/mol. The maximum Gasteiger partial charge on any atom is 0.246 e. The summed E-state index contributed by atoms with van der Waals surface area (Å²) < 4.78 is 15.0. The summed E-state index contributed by atoms with van der Waals surface area (Å²) in [6, 6.07) is -1.57. The Bertz CT molecular complexity index is 3030. The number of anilines is 1. The van der Waals surface area contributed by atoms with Gasteiger partial charge in [-0.3, -0.25) is 56.9 Å². The van der Waals surface area contributed by atoms with Crippen molar-refractivity contribution in [2.45, 2.75) is 139 Å². The number of carbonyl (C=O) groups excluding carboxylic acids is 11. The van der Waals surface area contributed by atoms with E-state index in [-0.39, 0.29) is 45.6 Å². The van der Waals surface area contributed by atoms with Crippen LogP contribution in [0.1, 0.15) is 71.9 Å².